The van der Waals surface area contributed by atoms with Gasteiger partial charge in [-0.2, -0.15) is 0 Å². The predicted molar refractivity (Wildman–Crippen MR) is 89.7 cm³/mol. The Balaban J connectivity index is 1.85. The molecule has 0 atom stereocenters. The zero-order chi connectivity index (χ0) is 18.1. The molecule has 1 aliphatic rings. The topological polar surface area (TPSA) is 58.2 Å². The molecule has 0 bridgehead atoms. The van der Waals surface area contributed by atoms with Crippen molar-refractivity contribution in [1.82, 2.24) is 14.9 Å². The highest BCUT2D eigenvalue weighted by Gasteiger charge is 2.23. The zero-order valence-electron chi connectivity index (χ0n) is 14.5. The van der Waals surface area contributed by atoms with Crippen LogP contribution in [0, 0.1) is 11.6 Å². The number of aromatic amines is 1. The average molecular weight is 349 g/mol. The maximum Gasteiger partial charge on any atom is 0.254 e. The molecule has 25 heavy (non-hydrogen) atoms. The van der Waals surface area contributed by atoms with Gasteiger partial charge in [-0.1, -0.05) is 13.8 Å². The van der Waals surface area contributed by atoms with Gasteiger partial charge in [0.25, 0.3) is 5.56 Å². The fourth-order valence-electron chi connectivity index (χ4n) is 2.99. The maximum absolute atomic E-state index is 14.2. The number of nitrogens with zero attached hydrogens (tertiary/aromatic N) is 2. The summed E-state index contributed by atoms with van der Waals surface area (Å²) in [4.78, 5) is 21.4. The first-order chi connectivity index (χ1) is 11.9. The van der Waals surface area contributed by atoms with Crippen molar-refractivity contribution in [3.05, 3.63) is 56.8 Å². The number of benzene rings is 1. The summed E-state index contributed by atoms with van der Waals surface area (Å²) >= 11 is 0. The van der Waals surface area contributed by atoms with Crippen molar-refractivity contribution in [3.63, 3.8) is 0 Å². The molecule has 1 N–H and O–H groups in total. The SMILES string of the molecule is COc1cc(F)c(CN2CCc3c(nc(C(C)C)[nH]c3=O)C2)c(F)c1. The standard InChI is InChI=1S/C18H21F2N3O2/c1-10(2)17-21-16-9-23(5-4-12(16)18(24)22-17)8-13-14(19)6-11(25-3)7-15(13)20/h6-7,10H,4-5,8-9H2,1-3H3,(H,21,22,24). The van der Waals surface area contributed by atoms with Crippen molar-refractivity contribution < 1.29 is 13.5 Å². The van der Waals surface area contributed by atoms with E-state index in [1.807, 2.05) is 18.7 Å². The van der Waals surface area contributed by atoms with Crippen molar-refractivity contribution >= 4 is 0 Å². The molecule has 134 valence electrons. The molecule has 1 aromatic heterocycles. The molecule has 0 amide bonds. The van der Waals surface area contributed by atoms with Gasteiger partial charge in [0.05, 0.1) is 12.8 Å². The minimum absolute atomic E-state index is 0.00169. The summed E-state index contributed by atoms with van der Waals surface area (Å²) in [7, 11) is 1.37. The van der Waals surface area contributed by atoms with E-state index in [9.17, 15) is 13.6 Å². The lowest BCUT2D eigenvalue weighted by Gasteiger charge is -2.28. The van der Waals surface area contributed by atoms with Crippen molar-refractivity contribution in [2.75, 3.05) is 13.7 Å². The number of nitrogens with one attached hydrogen (secondary N) is 1. The highest BCUT2D eigenvalue weighted by Crippen LogP contribution is 2.24. The second kappa shape index (κ2) is 6.92. The molecule has 0 radical (unpaired) electrons. The molecular weight excluding hydrogens is 328 g/mol. The molecule has 0 saturated carbocycles. The summed E-state index contributed by atoms with van der Waals surface area (Å²) in [6, 6.07) is 2.35. The summed E-state index contributed by atoms with van der Waals surface area (Å²) in [5, 5.41) is 0. The van der Waals surface area contributed by atoms with E-state index in [4.69, 9.17) is 4.74 Å². The Labute approximate surface area is 144 Å². The number of hydrogen-bond donors (Lipinski definition) is 1. The third-order valence-corrected chi connectivity index (χ3v) is 4.45. The Morgan fingerprint density at radius 2 is 2.00 bits per heavy atom. The Morgan fingerprint density at radius 3 is 2.60 bits per heavy atom. The summed E-state index contributed by atoms with van der Waals surface area (Å²) in [5.74, 6) is -0.386. The Kier molecular flexibility index (Phi) is 4.85. The van der Waals surface area contributed by atoms with Crippen molar-refractivity contribution in [2.45, 2.75) is 39.3 Å². The molecule has 2 heterocycles. The summed E-state index contributed by atoms with van der Waals surface area (Å²) in [6.07, 6.45) is 0.509. The fourth-order valence-corrected chi connectivity index (χ4v) is 2.99. The Hall–Kier alpha value is -2.28. The van der Waals surface area contributed by atoms with E-state index in [2.05, 4.69) is 9.97 Å². The van der Waals surface area contributed by atoms with Crippen molar-refractivity contribution in [3.8, 4) is 5.75 Å². The number of hydrogen-bond acceptors (Lipinski definition) is 4. The van der Waals surface area contributed by atoms with Gasteiger partial charge in [0.1, 0.15) is 23.2 Å². The van der Waals surface area contributed by atoms with E-state index in [1.54, 1.807) is 0 Å². The lowest BCUT2D eigenvalue weighted by atomic mass is 10.0. The number of ether oxygens (including phenoxy) is 1. The van der Waals surface area contributed by atoms with Gasteiger partial charge in [-0.25, -0.2) is 13.8 Å². The number of methoxy groups -OCH3 is 1. The lowest BCUT2D eigenvalue weighted by Crippen LogP contribution is -2.36. The van der Waals surface area contributed by atoms with Gasteiger partial charge in [-0.15, -0.1) is 0 Å². The second-order valence-corrected chi connectivity index (χ2v) is 6.56. The van der Waals surface area contributed by atoms with E-state index < -0.39 is 11.6 Å². The van der Waals surface area contributed by atoms with E-state index in [0.717, 1.165) is 0 Å². The van der Waals surface area contributed by atoms with Gasteiger partial charge < -0.3 is 9.72 Å². The highest BCUT2D eigenvalue weighted by atomic mass is 19.1. The molecule has 0 aliphatic carbocycles. The van der Waals surface area contributed by atoms with Crippen LogP contribution in [-0.4, -0.2) is 28.5 Å². The van der Waals surface area contributed by atoms with Crippen LogP contribution in [0.25, 0.3) is 0 Å². The van der Waals surface area contributed by atoms with Crippen LogP contribution >= 0.6 is 0 Å². The van der Waals surface area contributed by atoms with Gasteiger partial charge in [0.2, 0.25) is 0 Å². The zero-order valence-corrected chi connectivity index (χ0v) is 14.5. The van der Waals surface area contributed by atoms with Crippen LogP contribution in [0.4, 0.5) is 8.78 Å². The number of aromatic nitrogens is 2. The minimum atomic E-state index is -0.635. The summed E-state index contributed by atoms with van der Waals surface area (Å²) in [6.45, 7) is 4.96. The quantitative estimate of drug-likeness (QED) is 0.922. The third kappa shape index (κ3) is 3.56. The number of halogens is 2. The van der Waals surface area contributed by atoms with Crippen LogP contribution < -0.4 is 10.3 Å². The Morgan fingerprint density at radius 1 is 1.32 bits per heavy atom. The summed E-state index contributed by atoms with van der Waals surface area (Å²) < 4.78 is 33.2. The largest absolute Gasteiger partial charge is 0.497 e. The molecule has 1 aromatic carbocycles. The Bertz CT molecular complexity index is 826. The van der Waals surface area contributed by atoms with Crippen LogP contribution in [-0.2, 0) is 19.5 Å². The third-order valence-electron chi connectivity index (χ3n) is 4.45. The van der Waals surface area contributed by atoms with Crippen LogP contribution in [0.2, 0.25) is 0 Å². The van der Waals surface area contributed by atoms with Crippen LogP contribution in [0.15, 0.2) is 16.9 Å². The molecule has 0 spiro atoms. The van der Waals surface area contributed by atoms with Crippen molar-refractivity contribution in [2.24, 2.45) is 0 Å². The van der Waals surface area contributed by atoms with Gasteiger partial charge >= 0.3 is 0 Å². The average Bonchev–Trinajstić information content (AvgIpc) is 2.57. The highest BCUT2D eigenvalue weighted by molar-refractivity contribution is 5.31. The normalized spacial score (nSPS) is 14.6. The maximum atomic E-state index is 14.2. The first kappa shape index (κ1) is 17.5. The van der Waals surface area contributed by atoms with Crippen LogP contribution in [0.1, 0.15) is 42.4 Å². The first-order valence-corrected chi connectivity index (χ1v) is 8.25. The van der Waals surface area contributed by atoms with Crippen LogP contribution in [0.5, 0.6) is 5.75 Å². The van der Waals surface area contributed by atoms with E-state index >= 15 is 0 Å². The smallest absolute Gasteiger partial charge is 0.254 e. The number of H-pyrrole nitrogens is 1. The van der Waals surface area contributed by atoms with Gasteiger partial charge in [0, 0.05) is 48.8 Å². The van der Waals surface area contributed by atoms with Crippen molar-refractivity contribution in [1.29, 1.82) is 0 Å². The monoisotopic (exact) mass is 349 g/mol. The predicted octanol–water partition coefficient (Wildman–Crippen LogP) is 2.74. The van der Waals surface area contributed by atoms with Gasteiger partial charge in [-0.3, -0.25) is 9.69 Å². The molecular formula is C18H21F2N3O2. The number of fused-ring (bicyclic) bond motifs is 1. The van der Waals surface area contributed by atoms with Crippen LogP contribution in [0.3, 0.4) is 0 Å². The van der Waals surface area contributed by atoms with E-state index in [-0.39, 0.29) is 29.3 Å². The molecule has 0 unspecified atom stereocenters. The minimum Gasteiger partial charge on any atom is -0.497 e. The van der Waals surface area contributed by atoms with Gasteiger partial charge in [-0.05, 0) is 6.42 Å². The van der Waals surface area contributed by atoms with E-state index in [1.165, 1.54) is 19.2 Å². The molecule has 3 rings (SSSR count). The molecule has 7 heteroatoms. The molecule has 5 nitrogen and oxygen atoms in total. The molecule has 0 saturated heterocycles. The van der Waals surface area contributed by atoms with Gasteiger partial charge in [0.15, 0.2) is 0 Å². The fraction of sp³-hybridized carbons (Fsp3) is 0.444. The molecule has 1 aliphatic heterocycles. The molecule has 2 aromatic rings. The van der Waals surface area contributed by atoms with E-state index in [0.29, 0.717) is 36.6 Å². The number of rotatable bonds is 4. The summed E-state index contributed by atoms with van der Waals surface area (Å²) in [5.41, 5.74) is 1.23. The second-order valence-electron chi connectivity index (χ2n) is 6.56. The lowest BCUT2D eigenvalue weighted by molar-refractivity contribution is 0.232. The first-order valence-electron chi connectivity index (χ1n) is 8.25. The molecule has 0 fully saturated rings.